The highest BCUT2D eigenvalue weighted by Crippen LogP contribution is 2.24. The van der Waals surface area contributed by atoms with Crippen LogP contribution in [-0.4, -0.2) is 24.0 Å². The number of nitrogens with one attached hydrogen (secondary N) is 1. The first-order chi connectivity index (χ1) is 18.0. The molecule has 1 amide bonds. The second-order valence-corrected chi connectivity index (χ2v) is 7.98. The summed E-state index contributed by atoms with van der Waals surface area (Å²) in [6, 6.07) is 26.7. The number of fused-ring (bicyclic) bond motifs is 1. The van der Waals surface area contributed by atoms with Gasteiger partial charge in [0.05, 0.1) is 23.7 Å². The Balaban J connectivity index is 1.50. The predicted molar refractivity (Wildman–Crippen MR) is 137 cm³/mol. The van der Waals surface area contributed by atoms with Crippen LogP contribution < -0.4 is 14.8 Å². The average molecular weight is 500 g/mol. The van der Waals surface area contributed by atoms with Crippen LogP contribution in [0.3, 0.4) is 0 Å². The lowest BCUT2D eigenvalue weighted by molar-refractivity contribution is -0.115. The zero-order valence-electron chi connectivity index (χ0n) is 19.7. The third-order valence-electron chi connectivity index (χ3n) is 5.39. The number of hydrogen-bond acceptors (Lipinski definition) is 5. The molecule has 186 valence electrons. The molecule has 0 radical (unpaired) electrons. The van der Waals surface area contributed by atoms with Crippen LogP contribution in [0, 0.1) is 11.3 Å². The van der Waals surface area contributed by atoms with Crippen LogP contribution in [0.1, 0.15) is 23.2 Å². The molecule has 0 saturated carbocycles. The molecular formula is C29H23F2N3O3. The largest absolute Gasteiger partial charge is 0.487 e. The summed E-state index contributed by atoms with van der Waals surface area (Å²) in [4.78, 5) is 17.5. The number of carbonyl (C=O) groups is 1. The second kappa shape index (κ2) is 12.3. The van der Waals surface area contributed by atoms with Crippen LogP contribution >= 0.6 is 0 Å². The van der Waals surface area contributed by atoms with Crippen molar-refractivity contribution >= 4 is 28.5 Å². The van der Waals surface area contributed by atoms with Crippen molar-refractivity contribution in [3.8, 4) is 17.6 Å². The Labute approximate surface area is 212 Å². The zero-order valence-corrected chi connectivity index (χ0v) is 19.7. The maximum absolute atomic E-state index is 12.9. The van der Waals surface area contributed by atoms with Crippen LogP contribution in [-0.2, 0) is 11.4 Å². The summed E-state index contributed by atoms with van der Waals surface area (Å²) in [6.07, 6.45) is 1.82. The summed E-state index contributed by atoms with van der Waals surface area (Å²) in [7, 11) is 0. The Bertz CT molecular complexity index is 1430. The summed E-state index contributed by atoms with van der Waals surface area (Å²) in [5.74, 6) is 0.267. The number of benzene rings is 3. The van der Waals surface area contributed by atoms with Crippen molar-refractivity contribution in [2.75, 3.05) is 6.54 Å². The van der Waals surface area contributed by atoms with Crippen LogP contribution in [0.15, 0.2) is 84.9 Å². The molecule has 1 heterocycles. The van der Waals surface area contributed by atoms with Gasteiger partial charge in [0, 0.05) is 17.5 Å². The van der Waals surface area contributed by atoms with Gasteiger partial charge in [0.15, 0.2) is 0 Å². The van der Waals surface area contributed by atoms with Gasteiger partial charge in [0.1, 0.15) is 18.1 Å². The highest BCUT2D eigenvalue weighted by atomic mass is 19.3. The van der Waals surface area contributed by atoms with E-state index in [0.29, 0.717) is 22.4 Å². The summed E-state index contributed by atoms with van der Waals surface area (Å²) in [6.45, 7) is -2.43. The van der Waals surface area contributed by atoms with Crippen molar-refractivity contribution in [3.63, 3.8) is 0 Å². The van der Waals surface area contributed by atoms with E-state index in [1.54, 1.807) is 42.5 Å². The lowest BCUT2D eigenvalue weighted by Crippen LogP contribution is -2.25. The fraction of sp³-hybridized carbons (Fsp3) is 0.138. The van der Waals surface area contributed by atoms with Crippen LogP contribution in [0.25, 0.3) is 22.6 Å². The number of halogens is 2. The highest BCUT2D eigenvalue weighted by molar-refractivity contribution is 6.24. The number of para-hydroxylation sites is 1. The Morgan fingerprint density at radius 2 is 1.70 bits per heavy atom. The number of hydrogen-bond donors (Lipinski definition) is 1. The summed E-state index contributed by atoms with van der Waals surface area (Å²) < 4.78 is 35.1. The van der Waals surface area contributed by atoms with E-state index in [0.717, 1.165) is 16.6 Å². The van der Waals surface area contributed by atoms with Crippen molar-refractivity contribution in [1.29, 1.82) is 5.26 Å². The molecule has 37 heavy (non-hydrogen) atoms. The van der Waals surface area contributed by atoms with E-state index < -0.39 is 6.61 Å². The van der Waals surface area contributed by atoms with E-state index in [-0.39, 0.29) is 31.2 Å². The number of alkyl halides is 2. The highest BCUT2D eigenvalue weighted by Gasteiger charge is 2.13. The Kier molecular flexibility index (Phi) is 8.40. The van der Waals surface area contributed by atoms with Crippen molar-refractivity contribution in [2.45, 2.75) is 19.6 Å². The molecule has 1 aromatic heterocycles. The molecule has 6 nitrogen and oxygen atoms in total. The smallest absolute Gasteiger partial charge is 0.387 e. The van der Waals surface area contributed by atoms with Crippen LogP contribution in [0.5, 0.6) is 11.5 Å². The van der Waals surface area contributed by atoms with E-state index in [1.807, 2.05) is 42.5 Å². The predicted octanol–water partition coefficient (Wildman–Crippen LogP) is 5.99. The van der Waals surface area contributed by atoms with Gasteiger partial charge in [-0.2, -0.15) is 14.0 Å². The van der Waals surface area contributed by atoms with Gasteiger partial charge in [-0.1, -0.05) is 48.5 Å². The van der Waals surface area contributed by atoms with Crippen molar-refractivity contribution in [2.24, 2.45) is 0 Å². The molecule has 0 aliphatic carbocycles. The van der Waals surface area contributed by atoms with Gasteiger partial charge in [0.25, 0.3) is 5.91 Å². The molecule has 0 bridgehead atoms. The number of nitriles is 1. The molecule has 4 aromatic rings. The Morgan fingerprint density at radius 1 is 0.973 bits per heavy atom. The molecule has 0 spiro atoms. The molecule has 8 heteroatoms. The van der Waals surface area contributed by atoms with Gasteiger partial charge in [-0.05, 0) is 53.6 Å². The molecule has 0 unspecified atom stereocenters. The summed E-state index contributed by atoms with van der Waals surface area (Å²) in [5, 5.41) is 12.6. The number of ether oxygens (including phenoxy) is 2. The maximum Gasteiger partial charge on any atom is 0.387 e. The quantitative estimate of drug-likeness (QED) is 0.165. The third-order valence-corrected chi connectivity index (χ3v) is 5.39. The molecule has 4 rings (SSSR count). The van der Waals surface area contributed by atoms with Crippen molar-refractivity contribution in [3.05, 3.63) is 102 Å². The molecule has 0 atom stereocenters. The first kappa shape index (κ1) is 25.3. The first-order valence-electron chi connectivity index (χ1n) is 11.5. The lowest BCUT2D eigenvalue weighted by Gasteiger charge is -2.11. The molecule has 0 fully saturated rings. The fourth-order valence-electron chi connectivity index (χ4n) is 3.60. The minimum atomic E-state index is -2.92. The number of amides is 1. The molecule has 0 saturated heterocycles. The number of nitrogens with zero attached hydrogens (tertiary/aromatic N) is 2. The molecular weight excluding hydrogens is 476 g/mol. The standard InChI is InChI=1S/C29H23F2N3O3/c30-29(31)37-25-12-6-20(7-13-25)18-26(28(35)33-17-3-16-32)21-9-14-24(15-10-21)36-19-23-11-8-22-4-1-2-5-27(22)34-23/h1-2,4-15,18,29H,3,17,19H2,(H,33,35)/b26-18+. The Morgan fingerprint density at radius 3 is 2.43 bits per heavy atom. The fourth-order valence-corrected chi connectivity index (χ4v) is 3.60. The SMILES string of the molecule is N#CCCNC(=O)/C(=C/c1ccc(OC(F)F)cc1)c1ccc(OCc2ccc3ccccc3n2)cc1. The van der Waals surface area contributed by atoms with Crippen LogP contribution in [0.2, 0.25) is 0 Å². The average Bonchev–Trinajstić information content (AvgIpc) is 2.91. The van der Waals surface area contributed by atoms with Gasteiger partial charge in [-0.25, -0.2) is 4.98 Å². The Hall–Kier alpha value is -4.77. The third kappa shape index (κ3) is 7.12. The first-order valence-corrected chi connectivity index (χ1v) is 11.5. The van der Waals surface area contributed by atoms with E-state index in [1.165, 1.54) is 12.1 Å². The normalized spacial score (nSPS) is 11.2. The monoisotopic (exact) mass is 499 g/mol. The van der Waals surface area contributed by atoms with Gasteiger partial charge < -0.3 is 14.8 Å². The number of carbonyl (C=O) groups excluding carboxylic acids is 1. The van der Waals surface area contributed by atoms with E-state index in [9.17, 15) is 13.6 Å². The second-order valence-electron chi connectivity index (χ2n) is 7.98. The van der Waals surface area contributed by atoms with E-state index >= 15 is 0 Å². The summed E-state index contributed by atoms with van der Waals surface area (Å²) in [5.41, 5.74) is 3.28. The topological polar surface area (TPSA) is 84.2 Å². The number of rotatable bonds is 10. The van der Waals surface area contributed by atoms with E-state index in [2.05, 4.69) is 15.0 Å². The van der Waals surface area contributed by atoms with Crippen LogP contribution in [0.4, 0.5) is 8.78 Å². The van der Waals surface area contributed by atoms with E-state index in [4.69, 9.17) is 10.00 Å². The minimum absolute atomic E-state index is 0.0228. The lowest BCUT2D eigenvalue weighted by atomic mass is 10.0. The maximum atomic E-state index is 12.9. The van der Waals surface area contributed by atoms with Crippen molar-refractivity contribution < 1.29 is 23.0 Å². The molecule has 0 aliphatic rings. The number of pyridine rings is 1. The minimum Gasteiger partial charge on any atom is -0.487 e. The number of aromatic nitrogens is 1. The molecule has 3 aromatic carbocycles. The zero-order chi connectivity index (χ0) is 26.0. The summed E-state index contributed by atoms with van der Waals surface area (Å²) >= 11 is 0. The molecule has 0 aliphatic heterocycles. The van der Waals surface area contributed by atoms with Crippen molar-refractivity contribution in [1.82, 2.24) is 10.3 Å². The molecule has 1 N–H and O–H groups in total. The van der Waals surface area contributed by atoms with Gasteiger partial charge in [0.2, 0.25) is 0 Å². The van der Waals surface area contributed by atoms with Gasteiger partial charge in [-0.15, -0.1) is 0 Å². The van der Waals surface area contributed by atoms with Gasteiger partial charge >= 0.3 is 6.61 Å². The van der Waals surface area contributed by atoms with Gasteiger partial charge in [-0.3, -0.25) is 4.79 Å².